The van der Waals surface area contributed by atoms with Crippen molar-refractivity contribution in [1.29, 1.82) is 0 Å². The fourth-order valence-electron chi connectivity index (χ4n) is 0.824. The number of ether oxygens (including phenoxy) is 1. The van der Waals surface area contributed by atoms with E-state index in [4.69, 9.17) is 14.5 Å². The van der Waals surface area contributed by atoms with E-state index in [-0.39, 0.29) is 12.6 Å². The van der Waals surface area contributed by atoms with Crippen molar-refractivity contribution in [2.45, 2.75) is 40.3 Å². The zero-order valence-electron chi connectivity index (χ0n) is 7.53. The third-order valence-electron chi connectivity index (χ3n) is 1.60. The van der Waals surface area contributed by atoms with Crippen LogP contribution in [-0.4, -0.2) is 12.6 Å². The molecule has 0 radical (unpaired) electrons. The van der Waals surface area contributed by atoms with E-state index in [1.165, 1.54) is 0 Å². The maximum absolute atomic E-state index is 5.44. The highest BCUT2D eigenvalue weighted by Gasteiger charge is 2.31. The van der Waals surface area contributed by atoms with Crippen LogP contribution >= 0.6 is 0 Å². The van der Waals surface area contributed by atoms with Crippen LogP contribution in [0.3, 0.4) is 0 Å². The van der Waals surface area contributed by atoms with E-state index in [1.807, 2.05) is 27.7 Å². The van der Waals surface area contributed by atoms with Gasteiger partial charge in [-0.05, 0) is 0 Å². The van der Waals surface area contributed by atoms with E-state index in [1.54, 1.807) is 0 Å². The second kappa shape index (κ2) is 3.52. The molecule has 0 aliphatic carbocycles. The summed E-state index contributed by atoms with van der Waals surface area (Å²) in [5.74, 6) is 0.692. The smallest absolute Gasteiger partial charge is 0.196 e. The molecule has 0 aromatic rings. The summed E-state index contributed by atoms with van der Waals surface area (Å²) in [6.45, 7) is 8.15. The Hall–Kier alpha value is -0.120. The summed E-state index contributed by atoms with van der Waals surface area (Å²) >= 11 is 0. The Morgan fingerprint density at radius 3 is 1.36 bits per heavy atom. The lowest BCUT2D eigenvalue weighted by Crippen LogP contribution is -2.20. The Balaban J connectivity index is 2.35. The fraction of sp³-hybridized carbons (Fsp3) is 1.00. The van der Waals surface area contributed by atoms with Crippen LogP contribution in [0.5, 0.6) is 0 Å². The van der Waals surface area contributed by atoms with E-state index in [9.17, 15) is 0 Å². The first-order chi connectivity index (χ1) is 5.11. The van der Waals surface area contributed by atoms with Crippen molar-refractivity contribution in [1.82, 2.24) is 0 Å². The Morgan fingerprint density at radius 2 is 1.18 bits per heavy atom. The Kier molecular flexibility index (Phi) is 2.87. The highest BCUT2D eigenvalue weighted by molar-refractivity contribution is 4.57. The molecule has 11 heavy (non-hydrogen) atoms. The molecular formula is C8H16O3. The maximum atomic E-state index is 5.44. The van der Waals surface area contributed by atoms with Gasteiger partial charge in [0.15, 0.2) is 12.6 Å². The first-order valence-electron chi connectivity index (χ1n) is 4.09. The van der Waals surface area contributed by atoms with Gasteiger partial charge in [-0.1, -0.05) is 27.7 Å². The first kappa shape index (κ1) is 8.97. The minimum atomic E-state index is -0.192. The van der Waals surface area contributed by atoms with Crippen LogP contribution in [0.4, 0.5) is 0 Å². The highest BCUT2D eigenvalue weighted by Crippen LogP contribution is 2.23. The summed E-state index contributed by atoms with van der Waals surface area (Å²) in [5.41, 5.74) is 0. The van der Waals surface area contributed by atoms with Crippen molar-refractivity contribution in [2.24, 2.45) is 11.8 Å². The van der Waals surface area contributed by atoms with Crippen molar-refractivity contribution >= 4 is 0 Å². The summed E-state index contributed by atoms with van der Waals surface area (Å²) in [7, 11) is 0. The van der Waals surface area contributed by atoms with Crippen LogP contribution in [0, 0.1) is 11.8 Å². The largest absolute Gasteiger partial charge is 0.317 e. The SMILES string of the molecule is CC(C)[C@@H]1OO[C@@H](C(C)C)O1. The van der Waals surface area contributed by atoms with Crippen molar-refractivity contribution in [3.8, 4) is 0 Å². The van der Waals surface area contributed by atoms with E-state index < -0.39 is 0 Å². The van der Waals surface area contributed by atoms with Crippen LogP contribution in [0.15, 0.2) is 0 Å². The van der Waals surface area contributed by atoms with Crippen LogP contribution in [0.1, 0.15) is 27.7 Å². The van der Waals surface area contributed by atoms with E-state index >= 15 is 0 Å². The summed E-state index contributed by atoms with van der Waals surface area (Å²) in [5, 5.41) is 0. The third-order valence-corrected chi connectivity index (χ3v) is 1.60. The van der Waals surface area contributed by atoms with E-state index in [2.05, 4.69) is 0 Å². The van der Waals surface area contributed by atoms with Gasteiger partial charge >= 0.3 is 0 Å². The number of hydrogen-bond donors (Lipinski definition) is 0. The number of hydrogen-bond acceptors (Lipinski definition) is 3. The van der Waals surface area contributed by atoms with Gasteiger partial charge in [-0.15, -0.1) is 0 Å². The van der Waals surface area contributed by atoms with Gasteiger partial charge in [0.05, 0.1) is 0 Å². The summed E-state index contributed by atoms with van der Waals surface area (Å²) in [6, 6.07) is 0. The molecule has 0 unspecified atom stereocenters. The van der Waals surface area contributed by atoms with Gasteiger partial charge in [-0.3, -0.25) is 0 Å². The molecule has 1 saturated heterocycles. The minimum absolute atomic E-state index is 0.192. The molecular weight excluding hydrogens is 144 g/mol. The van der Waals surface area contributed by atoms with Crippen LogP contribution in [0.25, 0.3) is 0 Å². The lowest BCUT2D eigenvalue weighted by molar-refractivity contribution is -0.307. The predicted molar refractivity (Wildman–Crippen MR) is 40.5 cm³/mol. The maximum Gasteiger partial charge on any atom is 0.196 e. The summed E-state index contributed by atoms with van der Waals surface area (Å²) in [4.78, 5) is 9.93. The molecule has 3 heteroatoms. The molecule has 0 aromatic heterocycles. The molecule has 0 aromatic carbocycles. The second-order valence-electron chi connectivity index (χ2n) is 3.55. The molecule has 66 valence electrons. The average Bonchev–Trinajstić information content (AvgIpc) is 2.33. The standard InChI is InChI=1S/C8H16O3/c1-5(2)7-9-8(6(3)4)11-10-7/h5-8H,1-4H3/t7-,8-/m0/s1. The van der Waals surface area contributed by atoms with E-state index in [0.717, 1.165) is 0 Å². The molecule has 0 amide bonds. The quantitative estimate of drug-likeness (QED) is 0.578. The molecule has 2 atom stereocenters. The van der Waals surface area contributed by atoms with Crippen LogP contribution < -0.4 is 0 Å². The Bertz CT molecular complexity index is 109. The first-order valence-corrected chi connectivity index (χ1v) is 4.09. The normalized spacial score (nSPS) is 32.2. The Labute approximate surface area is 67.6 Å². The Morgan fingerprint density at radius 1 is 0.818 bits per heavy atom. The zero-order valence-corrected chi connectivity index (χ0v) is 7.53. The third kappa shape index (κ3) is 2.15. The molecule has 0 bridgehead atoms. The lowest BCUT2D eigenvalue weighted by atomic mass is 10.2. The van der Waals surface area contributed by atoms with Gasteiger partial charge in [0, 0.05) is 11.8 Å². The molecule has 0 N–H and O–H groups in total. The van der Waals surface area contributed by atoms with Crippen molar-refractivity contribution < 1.29 is 14.5 Å². The fourth-order valence-corrected chi connectivity index (χ4v) is 0.824. The van der Waals surface area contributed by atoms with E-state index in [0.29, 0.717) is 11.8 Å². The second-order valence-corrected chi connectivity index (χ2v) is 3.55. The molecule has 1 heterocycles. The molecule has 1 aliphatic heterocycles. The molecule has 3 nitrogen and oxygen atoms in total. The summed E-state index contributed by atoms with van der Waals surface area (Å²) in [6.07, 6.45) is -0.384. The van der Waals surface area contributed by atoms with Gasteiger partial charge in [-0.2, -0.15) is 0 Å². The number of rotatable bonds is 2. The average molecular weight is 160 g/mol. The van der Waals surface area contributed by atoms with Crippen LogP contribution in [0.2, 0.25) is 0 Å². The van der Waals surface area contributed by atoms with Crippen molar-refractivity contribution in [3.05, 3.63) is 0 Å². The highest BCUT2D eigenvalue weighted by atomic mass is 17.3. The summed E-state index contributed by atoms with van der Waals surface area (Å²) < 4.78 is 5.44. The lowest BCUT2D eigenvalue weighted by Gasteiger charge is -2.12. The van der Waals surface area contributed by atoms with Crippen molar-refractivity contribution in [2.75, 3.05) is 0 Å². The molecule has 0 saturated carbocycles. The van der Waals surface area contributed by atoms with Gasteiger partial charge < -0.3 is 4.74 Å². The van der Waals surface area contributed by atoms with Gasteiger partial charge in [-0.25, -0.2) is 9.78 Å². The molecule has 1 rings (SSSR count). The molecule has 1 aliphatic rings. The topological polar surface area (TPSA) is 27.7 Å². The predicted octanol–water partition coefficient (Wildman–Crippen LogP) is 1.93. The van der Waals surface area contributed by atoms with Gasteiger partial charge in [0.1, 0.15) is 0 Å². The minimum Gasteiger partial charge on any atom is -0.317 e. The molecule has 0 spiro atoms. The monoisotopic (exact) mass is 160 g/mol. The van der Waals surface area contributed by atoms with Gasteiger partial charge in [0.2, 0.25) is 0 Å². The van der Waals surface area contributed by atoms with Crippen molar-refractivity contribution in [3.63, 3.8) is 0 Å². The van der Waals surface area contributed by atoms with Gasteiger partial charge in [0.25, 0.3) is 0 Å². The van der Waals surface area contributed by atoms with Crippen LogP contribution in [-0.2, 0) is 14.5 Å². The zero-order chi connectivity index (χ0) is 8.43. The molecule has 1 fully saturated rings.